The second-order valence-electron chi connectivity index (χ2n) is 5.25. The van der Waals surface area contributed by atoms with E-state index in [4.69, 9.17) is 0 Å². The molecular weight excluding hydrogens is 320 g/mol. The fourth-order valence-electron chi connectivity index (χ4n) is 2.49. The summed E-state index contributed by atoms with van der Waals surface area (Å²) in [6.07, 6.45) is 1.94. The lowest BCUT2D eigenvalue weighted by Crippen LogP contribution is -1.93. The highest BCUT2D eigenvalue weighted by molar-refractivity contribution is 9.10. The molecule has 21 heavy (non-hydrogen) atoms. The topological polar surface area (TPSA) is 0 Å². The minimum atomic E-state index is 0.965. The van der Waals surface area contributed by atoms with E-state index in [2.05, 4.69) is 94.8 Å². The lowest BCUT2D eigenvalue weighted by atomic mass is 10.0. The van der Waals surface area contributed by atoms with Gasteiger partial charge in [0.2, 0.25) is 0 Å². The molecule has 0 aliphatic carbocycles. The van der Waals surface area contributed by atoms with Gasteiger partial charge in [-0.05, 0) is 41.2 Å². The minimum absolute atomic E-state index is 0.965. The summed E-state index contributed by atoms with van der Waals surface area (Å²) in [7, 11) is 0. The van der Waals surface area contributed by atoms with E-state index in [0.29, 0.717) is 0 Å². The van der Waals surface area contributed by atoms with Gasteiger partial charge >= 0.3 is 0 Å². The highest BCUT2D eigenvalue weighted by atomic mass is 79.9. The third-order valence-corrected chi connectivity index (χ3v) is 4.34. The van der Waals surface area contributed by atoms with Crippen molar-refractivity contribution in [3.63, 3.8) is 0 Å². The van der Waals surface area contributed by atoms with E-state index in [1.807, 2.05) is 0 Å². The summed E-state index contributed by atoms with van der Waals surface area (Å²) in [4.78, 5) is 0. The van der Waals surface area contributed by atoms with Gasteiger partial charge in [-0.2, -0.15) is 0 Å². The third-order valence-electron chi connectivity index (χ3n) is 3.61. The summed E-state index contributed by atoms with van der Waals surface area (Å²) in [6.45, 7) is 0. The Bertz CT molecular complexity index is 702. The lowest BCUT2D eigenvalue weighted by Gasteiger charge is -2.08. The van der Waals surface area contributed by atoms with E-state index in [0.717, 1.165) is 12.8 Å². The minimum Gasteiger partial charge on any atom is -0.0622 e. The SMILES string of the molecule is Brc1cc(Cc2ccccc2)ccc1Cc1ccccc1. The van der Waals surface area contributed by atoms with Crippen LogP contribution in [-0.2, 0) is 12.8 Å². The molecule has 3 aromatic carbocycles. The molecule has 0 heterocycles. The molecule has 0 atom stereocenters. The molecule has 0 aromatic heterocycles. The third kappa shape index (κ3) is 3.83. The molecule has 0 amide bonds. The van der Waals surface area contributed by atoms with Gasteiger partial charge in [-0.15, -0.1) is 0 Å². The fourth-order valence-corrected chi connectivity index (χ4v) is 3.06. The van der Waals surface area contributed by atoms with Gasteiger partial charge in [0.05, 0.1) is 0 Å². The average Bonchev–Trinajstić information content (AvgIpc) is 2.52. The molecule has 0 nitrogen and oxygen atoms in total. The van der Waals surface area contributed by atoms with Crippen LogP contribution in [0.5, 0.6) is 0 Å². The zero-order valence-corrected chi connectivity index (χ0v) is 13.4. The Morgan fingerprint density at radius 3 is 1.71 bits per heavy atom. The molecule has 0 radical (unpaired) electrons. The smallest absolute Gasteiger partial charge is 0.0213 e. The maximum atomic E-state index is 3.72. The first kappa shape index (κ1) is 14.1. The highest BCUT2D eigenvalue weighted by Gasteiger charge is 2.04. The van der Waals surface area contributed by atoms with E-state index in [9.17, 15) is 0 Å². The van der Waals surface area contributed by atoms with E-state index < -0.39 is 0 Å². The number of halogens is 1. The normalized spacial score (nSPS) is 10.5. The Morgan fingerprint density at radius 1 is 0.571 bits per heavy atom. The first-order valence-corrected chi connectivity index (χ1v) is 7.96. The summed E-state index contributed by atoms with van der Waals surface area (Å²) < 4.78 is 1.19. The molecule has 0 bridgehead atoms. The summed E-state index contributed by atoms with van der Waals surface area (Å²) in [5.74, 6) is 0. The largest absolute Gasteiger partial charge is 0.0622 e. The van der Waals surface area contributed by atoms with E-state index in [1.165, 1.54) is 26.7 Å². The molecule has 0 aliphatic heterocycles. The molecule has 0 fully saturated rings. The molecule has 0 saturated heterocycles. The highest BCUT2D eigenvalue weighted by Crippen LogP contribution is 2.23. The van der Waals surface area contributed by atoms with Gasteiger partial charge in [-0.3, -0.25) is 0 Å². The zero-order valence-electron chi connectivity index (χ0n) is 11.8. The van der Waals surface area contributed by atoms with Crippen molar-refractivity contribution in [2.45, 2.75) is 12.8 Å². The van der Waals surface area contributed by atoms with Gasteiger partial charge in [0.15, 0.2) is 0 Å². The molecule has 3 rings (SSSR count). The van der Waals surface area contributed by atoms with E-state index in [-0.39, 0.29) is 0 Å². The molecule has 1 heteroatoms. The van der Waals surface area contributed by atoms with Crippen molar-refractivity contribution >= 4 is 15.9 Å². The van der Waals surface area contributed by atoms with Crippen LogP contribution in [0, 0.1) is 0 Å². The summed E-state index contributed by atoms with van der Waals surface area (Å²) in [5.41, 5.74) is 5.36. The Kier molecular flexibility index (Phi) is 4.52. The number of hydrogen-bond acceptors (Lipinski definition) is 0. The molecule has 0 unspecified atom stereocenters. The van der Waals surface area contributed by atoms with Crippen LogP contribution >= 0.6 is 15.9 Å². The van der Waals surface area contributed by atoms with Gasteiger partial charge in [0, 0.05) is 4.47 Å². The monoisotopic (exact) mass is 336 g/mol. The summed E-state index contributed by atoms with van der Waals surface area (Å²) >= 11 is 3.72. The van der Waals surface area contributed by atoms with Crippen LogP contribution in [0.1, 0.15) is 22.3 Å². The summed E-state index contributed by atoms with van der Waals surface area (Å²) in [6, 6.07) is 27.9. The van der Waals surface area contributed by atoms with Crippen molar-refractivity contribution in [3.8, 4) is 0 Å². The second-order valence-corrected chi connectivity index (χ2v) is 6.10. The second kappa shape index (κ2) is 6.73. The van der Waals surface area contributed by atoms with Crippen LogP contribution in [-0.4, -0.2) is 0 Å². The van der Waals surface area contributed by atoms with Crippen LogP contribution in [0.2, 0.25) is 0 Å². The summed E-state index contributed by atoms with van der Waals surface area (Å²) in [5, 5.41) is 0. The predicted octanol–water partition coefficient (Wildman–Crippen LogP) is 5.63. The van der Waals surface area contributed by atoms with Gasteiger partial charge in [0.1, 0.15) is 0 Å². The first-order valence-electron chi connectivity index (χ1n) is 7.16. The van der Waals surface area contributed by atoms with Crippen LogP contribution in [0.25, 0.3) is 0 Å². The van der Waals surface area contributed by atoms with Crippen molar-refractivity contribution in [2.75, 3.05) is 0 Å². The molecule has 0 spiro atoms. The maximum Gasteiger partial charge on any atom is 0.0213 e. The Hall–Kier alpha value is -1.86. The van der Waals surface area contributed by atoms with Gasteiger partial charge < -0.3 is 0 Å². The van der Waals surface area contributed by atoms with Crippen molar-refractivity contribution in [2.24, 2.45) is 0 Å². The predicted molar refractivity (Wildman–Crippen MR) is 92.6 cm³/mol. The quantitative estimate of drug-likeness (QED) is 0.579. The molecule has 0 N–H and O–H groups in total. The Balaban J connectivity index is 1.77. The fraction of sp³-hybridized carbons (Fsp3) is 0.100. The number of benzene rings is 3. The maximum absolute atomic E-state index is 3.72. The van der Waals surface area contributed by atoms with Crippen molar-refractivity contribution in [1.82, 2.24) is 0 Å². The molecule has 104 valence electrons. The van der Waals surface area contributed by atoms with Gasteiger partial charge in [-0.25, -0.2) is 0 Å². The van der Waals surface area contributed by atoms with Gasteiger partial charge in [-0.1, -0.05) is 88.7 Å². The zero-order chi connectivity index (χ0) is 14.5. The van der Waals surface area contributed by atoms with Crippen molar-refractivity contribution < 1.29 is 0 Å². The molecule has 3 aromatic rings. The Labute approximate surface area is 134 Å². The Morgan fingerprint density at radius 2 is 1.14 bits per heavy atom. The molecular formula is C20H17Br. The van der Waals surface area contributed by atoms with Crippen LogP contribution < -0.4 is 0 Å². The average molecular weight is 337 g/mol. The first-order chi connectivity index (χ1) is 10.3. The van der Waals surface area contributed by atoms with Crippen LogP contribution in [0.4, 0.5) is 0 Å². The van der Waals surface area contributed by atoms with Crippen LogP contribution in [0.3, 0.4) is 0 Å². The number of rotatable bonds is 4. The van der Waals surface area contributed by atoms with E-state index in [1.54, 1.807) is 0 Å². The van der Waals surface area contributed by atoms with Crippen molar-refractivity contribution in [1.29, 1.82) is 0 Å². The molecule has 0 saturated carbocycles. The van der Waals surface area contributed by atoms with Crippen molar-refractivity contribution in [3.05, 3.63) is 106 Å². The van der Waals surface area contributed by atoms with Crippen LogP contribution in [0.15, 0.2) is 83.3 Å². The molecule has 0 aliphatic rings. The lowest BCUT2D eigenvalue weighted by molar-refractivity contribution is 1.14. The standard InChI is InChI=1S/C20H17Br/c21-20-15-18(13-16-7-3-1-4-8-16)11-12-19(20)14-17-9-5-2-6-10-17/h1-12,15H,13-14H2. The number of hydrogen-bond donors (Lipinski definition) is 0. The van der Waals surface area contributed by atoms with E-state index >= 15 is 0 Å². The van der Waals surface area contributed by atoms with Gasteiger partial charge in [0.25, 0.3) is 0 Å².